The van der Waals surface area contributed by atoms with E-state index in [1.54, 1.807) is 0 Å². The molecule has 0 spiro atoms. The molecule has 0 unspecified atom stereocenters. The minimum Gasteiger partial charge on any atom is -0.335 e. The van der Waals surface area contributed by atoms with Crippen molar-refractivity contribution in [2.75, 3.05) is 13.1 Å². The molecule has 0 aromatic heterocycles. The van der Waals surface area contributed by atoms with Gasteiger partial charge in [-0.2, -0.15) is 13.2 Å². The highest BCUT2D eigenvalue weighted by Gasteiger charge is 2.33. The Hall–Kier alpha value is -1.07. The summed E-state index contributed by atoms with van der Waals surface area (Å²) in [6.45, 7) is -0.290. The summed E-state index contributed by atoms with van der Waals surface area (Å²) < 4.78 is 35.1. The van der Waals surface area contributed by atoms with Crippen LogP contribution in [0.3, 0.4) is 0 Å². The van der Waals surface area contributed by atoms with Gasteiger partial charge in [-0.25, -0.2) is 0 Å². The van der Waals surface area contributed by atoms with Crippen molar-refractivity contribution in [3.63, 3.8) is 0 Å². The van der Waals surface area contributed by atoms with Gasteiger partial charge in [0.1, 0.15) is 0 Å². The molecule has 6 heteroatoms. The SMILES string of the molecule is O=C1CCN(CCC(F)(F)F)C1=O. The summed E-state index contributed by atoms with van der Waals surface area (Å²) in [5, 5.41) is 0. The molecule has 0 aromatic rings. The topological polar surface area (TPSA) is 37.4 Å². The van der Waals surface area contributed by atoms with Crippen LogP contribution < -0.4 is 0 Å². The van der Waals surface area contributed by atoms with Crippen LogP contribution in [-0.2, 0) is 9.59 Å². The van der Waals surface area contributed by atoms with Gasteiger partial charge in [0.2, 0.25) is 5.78 Å². The van der Waals surface area contributed by atoms with E-state index < -0.39 is 30.8 Å². The number of rotatable bonds is 2. The lowest BCUT2D eigenvalue weighted by Crippen LogP contribution is -2.31. The lowest BCUT2D eigenvalue weighted by Gasteiger charge is -2.15. The van der Waals surface area contributed by atoms with E-state index in [0.717, 1.165) is 4.90 Å². The quantitative estimate of drug-likeness (QED) is 0.609. The van der Waals surface area contributed by atoms with Crippen molar-refractivity contribution in [1.82, 2.24) is 4.90 Å². The van der Waals surface area contributed by atoms with E-state index in [4.69, 9.17) is 0 Å². The molecule has 0 atom stereocenters. The van der Waals surface area contributed by atoms with E-state index in [-0.39, 0.29) is 13.0 Å². The van der Waals surface area contributed by atoms with Crippen molar-refractivity contribution in [3.05, 3.63) is 0 Å². The second kappa shape index (κ2) is 3.35. The number of halogens is 3. The molecule has 0 aliphatic carbocycles. The molecular weight excluding hydrogens is 187 g/mol. The van der Waals surface area contributed by atoms with Crippen LogP contribution in [0.25, 0.3) is 0 Å². The monoisotopic (exact) mass is 195 g/mol. The van der Waals surface area contributed by atoms with Crippen molar-refractivity contribution in [1.29, 1.82) is 0 Å². The smallest absolute Gasteiger partial charge is 0.335 e. The Morgan fingerprint density at radius 2 is 1.92 bits per heavy atom. The average Bonchev–Trinajstić information content (AvgIpc) is 2.29. The molecule has 1 heterocycles. The number of amides is 1. The van der Waals surface area contributed by atoms with Crippen molar-refractivity contribution in [3.8, 4) is 0 Å². The molecule has 0 bridgehead atoms. The van der Waals surface area contributed by atoms with Crippen LogP contribution in [-0.4, -0.2) is 35.9 Å². The van der Waals surface area contributed by atoms with Crippen molar-refractivity contribution >= 4 is 11.7 Å². The van der Waals surface area contributed by atoms with Crippen LogP contribution >= 0.6 is 0 Å². The fourth-order valence-corrected chi connectivity index (χ4v) is 1.10. The number of alkyl halides is 3. The molecule has 13 heavy (non-hydrogen) atoms. The summed E-state index contributed by atoms with van der Waals surface area (Å²) in [7, 11) is 0. The fraction of sp³-hybridized carbons (Fsp3) is 0.714. The van der Waals surface area contributed by atoms with Gasteiger partial charge in [-0.15, -0.1) is 0 Å². The molecule has 0 N–H and O–H groups in total. The Kier molecular flexibility index (Phi) is 2.58. The highest BCUT2D eigenvalue weighted by Crippen LogP contribution is 2.20. The van der Waals surface area contributed by atoms with Gasteiger partial charge in [-0.1, -0.05) is 0 Å². The number of carbonyl (C=O) groups is 2. The summed E-state index contributed by atoms with van der Waals surface area (Å²) in [5.74, 6) is -1.38. The highest BCUT2D eigenvalue weighted by molar-refractivity contribution is 6.37. The third kappa shape index (κ3) is 2.71. The molecule has 74 valence electrons. The first kappa shape index (κ1) is 10.0. The van der Waals surface area contributed by atoms with Gasteiger partial charge < -0.3 is 4.90 Å². The first-order valence-corrected chi connectivity index (χ1v) is 3.79. The van der Waals surface area contributed by atoms with E-state index in [9.17, 15) is 22.8 Å². The second-order valence-corrected chi connectivity index (χ2v) is 2.83. The lowest BCUT2D eigenvalue weighted by molar-refractivity contribution is -0.147. The first-order valence-electron chi connectivity index (χ1n) is 3.79. The van der Waals surface area contributed by atoms with Crippen LogP contribution in [0.4, 0.5) is 13.2 Å². The van der Waals surface area contributed by atoms with Crippen LogP contribution in [0.1, 0.15) is 12.8 Å². The lowest BCUT2D eigenvalue weighted by atomic mass is 10.3. The summed E-state index contributed by atoms with van der Waals surface area (Å²) >= 11 is 0. The number of hydrogen-bond acceptors (Lipinski definition) is 2. The zero-order valence-corrected chi connectivity index (χ0v) is 6.73. The number of likely N-dealkylation sites (tertiary alicyclic amines) is 1. The maximum absolute atomic E-state index is 11.7. The van der Waals surface area contributed by atoms with Gasteiger partial charge in [0.25, 0.3) is 5.91 Å². The summed E-state index contributed by atoms with van der Waals surface area (Å²) in [5.41, 5.74) is 0. The minimum atomic E-state index is -4.27. The Morgan fingerprint density at radius 1 is 1.31 bits per heavy atom. The van der Waals surface area contributed by atoms with E-state index in [1.807, 2.05) is 0 Å². The Balaban J connectivity index is 2.39. The number of ketones is 1. The molecule has 1 amide bonds. The molecule has 3 nitrogen and oxygen atoms in total. The molecule has 1 aliphatic heterocycles. The third-order valence-corrected chi connectivity index (χ3v) is 1.80. The molecule has 0 saturated carbocycles. The number of nitrogens with zero attached hydrogens (tertiary/aromatic N) is 1. The normalized spacial score (nSPS) is 18.5. The van der Waals surface area contributed by atoms with Crippen molar-refractivity contribution < 1.29 is 22.8 Å². The summed E-state index contributed by atoms with van der Waals surface area (Å²) in [6, 6.07) is 0. The minimum absolute atomic E-state index is 0.0384. The largest absolute Gasteiger partial charge is 0.390 e. The second-order valence-electron chi connectivity index (χ2n) is 2.83. The van der Waals surface area contributed by atoms with E-state index in [1.165, 1.54) is 0 Å². The maximum atomic E-state index is 11.7. The van der Waals surface area contributed by atoms with Gasteiger partial charge in [0.05, 0.1) is 6.42 Å². The van der Waals surface area contributed by atoms with Gasteiger partial charge in [-0.3, -0.25) is 9.59 Å². The predicted molar refractivity (Wildman–Crippen MR) is 36.9 cm³/mol. The fourth-order valence-electron chi connectivity index (χ4n) is 1.10. The number of carbonyl (C=O) groups excluding carboxylic acids is 2. The number of hydrogen-bond donors (Lipinski definition) is 0. The predicted octanol–water partition coefficient (Wildman–Crippen LogP) is 0.740. The third-order valence-electron chi connectivity index (χ3n) is 1.80. The molecule has 1 fully saturated rings. The van der Waals surface area contributed by atoms with Crippen molar-refractivity contribution in [2.45, 2.75) is 19.0 Å². The summed E-state index contributed by atoms with van der Waals surface area (Å²) in [6.07, 6.45) is -5.28. The Labute approximate surface area is 72.5 Å². The zero-order chi connectivity index (χ0) is 10.1. The Bertz CT molecular complexity index is 236. The van der Waals surface area contributed by atoms with Gasteiger partial charge in [-0.05, 0) is 0 Å². The standard InChI is InChI=1S/C7H8F3NO2/c8-7(9,10)2-4-11-3-1-5(12)6(11)13/h1-4H2. The van der Waals surface area contributed by atoms with E-state index >= 15 is 0 Å². The van der Waals surface area contributed by atoms with E-state index in [2.05, 4.69) is 0 Å². The van der Waals surface area contributed by atoms with Crippen LogP contribution in [0.5, 0.6) is 0 Å². The highest BCUT2D eigenvalue weighted by atomic mass is 19.4. The maximum Gasteiger partial charge on any atom is 0.390 e. The summed E-state index contributed by atoms with van der Waals surface area (Å²) in [4.78, 5) is 22.4. The van der Waals surface area contributed by atoms with Crippen LogP contribution in [0.2, 0.25) is 0 Å². The average molecular weight is 195 g/mol. The molecule has 1 aliphatic rings. The van der Waals surface area contributed by atoms with Gasteiger partial charge >= 0.3 is 6.18 Å². The van der Waals surface area contributed by atoms with Gasteiger partial charge in [0, 0.05) is 19.5 Å². The van der Waals surface area contributed by atoms with E-state index in [0.29, 0.717) is 0 Å². The first-order chi connectivity index (χ1) is 5.90. The Morgan fingerprint density at radius 3 is 2.31 bits per heavy atom. The molecular formula is C7H8F3NO2. The van der Waals surface area contributed by atoms with Crippen LogP contribution in [0, 0.1) is 0 Å². The zero-order valence-electron chi connectivity index (χ0n) is 6.73. The molecule has 1 saturated heterocycles. The molecule has 0 radical (unpaired) electrons. The van der Waals surface area contributed by atoms with Crippen molar-refractivity contribution in [2.24, 2.45) is 0 Å². The van der Waals surface area contributed by atoms with Gasteiger partial charge in [0.15, 0.2) is 0 Å². The molecule has 1 rings (SSSR count). The van der Waals surface area contributed by atoms with Crippen LogP contribution in [0.15, 0.2) is 0 Å². The molecule has 0 aromatic carbocycles. The number of Topliss-reactive ketones (excluding diaryl/α,β-unsaturated/α-hetero) is 1.